The van der Waals surface area contributed by atoms with Crippen molar-refractivity contribution in [2.24, 2.45) is 5.92 Å². The summed E-state index contributed by atoms with van der Waals surface area (Å²) in [4.78, 5) is 0. The Bertz CT molecular complexity index is 260. The fraction of sp³-hybridized carbons (Fsp3) is 1.00. The molecule has 0 radical (unpaired) electrons. The van der Waals surface area contributed by atoms with Crippen LogP contribution in [-0.4, -0.2) is 31.5 Å². The smallest absolute Gasteiger partial charge is 0.364 e. The van der Waals surface area contributed by atoms with Gasteiger partial charge in [-0.25, -0.2) is 0 Å². The highest BCUT2D eigenvalue weighted by Crippen LogP contribution is 2.37. The second kappa shape index (κ2) is 8.23. The Balaban J connectivity index is 2.52. The van der Waals surface area contributed by atoms with Crippen LogP contribution in [0.1, 0.15) is 58.8 Å². The first-order valence-corrected chi connectivity index (χ1v) is 7.82. The first-order chi connectivity index (χ1) is 9.41. The number of halogens is 3. The zero-order valence-corrected chi connectivity index (χ0v) is 12.7. The minimum Gasteiger partial charge on any atom is -0.364 e. The van der Waals surface area contributed by atoms with Crippen LogP contribution in [0, 0.1) is 5.92 Å². The molecule has 0 aromatic carbocycles. The van der Waals surface area contributed by atoms with Crippen LogP contribution in [0.2, 0.25) is 0 Å². The Morgan fingerprint density at radius 2 is 1.80 bits per heavy atom. The molecular weight excluding hydrogens is 267 g/mol. The number of alkyl halides is 3. The molecule has 0 amide bonds. The standard InChI is InChI=1S/C15H28F3NO/c1-3-5-13-6-8-14(9-7-13,11-19-10-4-2)20-12-15(16,17)18/h13,19H,3-12H2,1-2H3. The molecule has 2 nitrogen and oxygen atoms in total. The quantitative estimate of drug-likeness (QED) is 0.674. The van der Waals surface area contributed by atoms with E-state index >= 15 is 0 Å². The van der Waals surface area contributed by atoms with Gasteiger partial charge in [-0.1, -0.05) is 26.7 Å². The van der Waals surface area contributed by atoms with Crippen LogP contribution < -0.4 is 5.32 Å². The van der Waals surface area contributed by atoms with Crippen molar-refractivity contribution in [3.8, 4) is 0 Å². The third kappa shape index (κ3) is 6.44. The Labute approximate surface area is 120 Å². The molecule has 0 atom stereocenters. The van der Waals surface area contributed by atoms with Gasteiger partial charge in [0.1, 0.15) is 6.61 Å². The predicted octanol–water partition coefficient (Wildman–Crippen LogP) is 4.29. The number of rotatable bonds is 8. The summed E-state index contributed by atoms with van der Waals surface area (Å²) >= 11 is 0. The predicted molar refractivity (Wildman–Crippen MR) is 74.8 cm³/mol. The molecule has 1 aliphatic rings. The van der Waals surface area contributed by atoms with E-state index in [1.54, 1.807) is 0 Å². The van der Waals surface area contributed by atoms with Gasteiger partial charge >= 0.3 is 6.18 Å². The van der Waals surface area contributed by atoms with E-state index in [1.165, 1.54) is 6.42 Å². The lowest BCUT2D eigenvalue weighted by Gasteiger charge is -2.40. The number of hydrogen-bond acceptors (Lipinski definition) is 2. The second-order valence-electron chi connectivity index (χ2n) is 6.00. The molecule has 20 heavy (non-hydrogen) atoms. The highest BCUT2D eigenvalue weighted by atomic mass is 19.4. The van der Waals surface area contributed by atoms with Gasteiger partial charge in [0, 0.05) is 6.54 Å². The number of hydrogen-bond donors (Lipinski definition) is 1. The van der Waals surface area contributed by atoms with E-state index in [-0.39, 0.29) is 0 Å². The van der Waals surface area contributed by atoms with Gasteiger partial charge in [0.05, 0.1) is 5.60 Å². The lowest BCUT2D eigenvalue weighted by atomic mass is 9.77. The third-order valence-electron chi connectivity index (χ3n) is 4.13. The lowest BCUT2D eigenvalue weighted by molar-refractivity contribution is -0.211. The maximum atomic E-state index is 12.4. The Kier molecular flexibility index (Phi) is 7.30. The van der Waals surface area contributed by atoms with Crippen LogP contribution in [-0.2, 0) is 4.74 Å². The van der Waals surface area contributed by atoms with Crippen molar-refractivity contribution in [3.05, 3.63) is 0 Å². The fourth-order valence-electron chi connectivity index (χ4n) is 3.00. The zero-order valence-electron chi connectivity index (χ0n) is 12.7. The summed E-state index contributed by atoms with van der Waals surface area (Å²) in [5, 5.41) is 3.24. The van der Waals surface area contributed by atoms with E-state index < -0.39 is 18.4 Å². The molecule has 0 unspecified atom stereocenters. The van der Waals surface area contributed by atoms with Crippen LogP contribution >= 0.6 is 0 Å². The molecule has 0 aromatic rings. The van der Waals surface area contributed by atoms with Crippen molar-refractivity contribution >= 4 is 0 Å². The SMILES string of the molecule is CCCNCC1(OCC(F)(F)F)CCC(CCC)CC1. The van der Waals surface area contributed by atoms with Gasteiger partial charge in [0.2, 0.25) is 0 Å². The van der Waals surface area contributed by atoms with Crippen molar-refractivity contribution < 1.29 is 17.9 Å². The van der Waals surface area contributed by atoms with E-state index in [1.807, 2.05) is 6.92 Å². The first-order valence-electron chi connectivity index (χ1n) is 7.82. The summed E-state index contributed by atoms with van der Waals surface area (Å²) in [7, 11) is 0. The summed E-state index contributed by atoms with van der Waals surface area (Å²) in [5.74, 6) is 0.661. The molecule has 0 saturated heterocycles. The van der Waals surface area contributed by atoms with Gasteiger partial charge in [-0.2, -0.15) is 13.2 Å². The normalized spacial score (nSPS) is 27.8. The summed E-state index contributed by atoms with van der Waals surface area (Å²) < 4.78 is 42.6. The molecule has 1 aliphatic carbocycles. The van der Waals surface area contributed by atoms with Crippen molar-refractivity contribution in [1.29, 1.82) is 0 Å². The summed E-state index contributed by atoms with van der Waals surface area (Å²) in [6.07, 6.45) is 2.52. The van der Waals surface area contributed by atoms with Crippen LogP contribution in [0.5, 0.6) is 0 Å². The van der Waals surface area contributed by atoms with E-state index in [0.29, 0.717) is 12.5 Å². The van der Waals surface area contributed by atoms with Crippen molar-refractivity contribution in [2.45, 2.75) is 70.6 Å². The van der Waals surface area contributed by atoms with Gasteiger partial charge in [-0.05, 0) is 44.6 Å². The van der Waals surface area contributed by atoms with Gasteiger partial charge in [-0.3, -0.25) is 0 Å². The molecule has 0 aliphatic heterocycles. The van der Waals surface area contributed by atoms with Crippen molar-refractivity contribution in [3.63, 3.8) is 0 Å². The Morgan fingerprint density at radius 1 is 1.15 bits per heavy atom. The maximum absolute atomic E-state index is 12.4. The average Bonchev–Trinajstić information content (AvgIpc) is 2.39. The molecule has 0 bridgehead atoms. The molecule has 0 heterocycles. The molecule has 1 saturated carbocycles. The van der Waals surface area contributed by atoms with Gasteiger partial charge in [0.15, 0.2) is 0 Å². The van der Waals surface area contributed by atoms with Gasteiger partial charge in [0.25, 0.3) is 0 Å². The monoisotopic (exact) mass is 295 g/mol. The van der Waals surface area contributed by atoms with E-state index in [0.717, 1.165) is 45.1 Å². The lowest BCUT2D eigenvalue weighted by Crippen LogP contribution is -2.47. The van der Waals surface area contributed by atoms with Crippen LogP contribution in [0.4, 0.5) is 13.2 Å². The average molecular weight is 295 g/mol. The van der Waals surface area contributed by atoms with E-state index in [2.05, 4.69) is 12.2 Å². The van der Waals surface area contributed by atoms with Crippen LogP contribution in [0.25, 0.3) is 0 Å². The first kappa shape index (κ1) is 17.8. The van der Waals surface area contributed by atoms with Gasteiger partial charge < -0.3 is 10.1 Å². The maximum Gasteiger partial charge on any atom is 0.411 e. The molecule has 120 valence electrons. The molecule has 1 rings (SSSR count). The largest absolute Gasteiger partial charge is 0.411 e. The molecule has 0 aromatic heterocycles. The zero-order chi connectivity index (χ0) is 15.1. The van der Waals surface area contributed by atoms with Crippen molar-refractivity contribution in [2.75, 3.05) is 19.7 Å². The molecule has 5 heteroatoms. The third-order valence-corrected chi connectivity index (χ3v) is 4.13. The minimum absolute atomic E-state index is 0.537. The fourth-order valence-corrected chi connectivity index (χ4v) is 3.00. The van der Waals surface area contributed by atoms with E-state index in [9.17, 15) is 13.2 Å². The molecule has 1 fully saturated rings. The van der Waals surface area contributed by atoms with E-state index in [4.69, 9.17) is 4.74 Å². The van der Waals surface area contributed by atoms with Crippen LogP contribution in [0.3, 0.4) is 0 Å². The molecular formula is C15H28F3NO. The van der Waals surface area contributed by atoms with Crippen LogP contribution in [0.15, 0.2) is 0 Å². The second-order valence-corrected chi connectivity index (χ2v) is 6.00. The molecule has 0 spiro atoms. The number of ether oxygens (including phenoxy) is 1. The summed E-state index contributed by atoms with van der Waals surface area (Å²) in [6, 6.07) is 0. The highest BCUT2D eigenvalue weighted by Gasteiger charge is 2.39. The van der Waals surface area contributed by atoms with Gasteiger partial charge in [-0.15, -0.1) is 0 Å². The highest BCUT2D eigenvalue weighted by molar-refractivity contribution is 4.89. The summed E-state index contributed by atoms with van der Waals surface area (Å²) in [6.45, 7) is 4.45. The topological polar surface area (TPSA) is 21.3 Å². The molecule has 1 N–H and O–H groups in total. The Hall–Kier alpha value is -0.290. The Morgan fingerprint density at radius 3 is 2.30 bits per heavy atom. The minimum atomic E-state index is -4.24. The van der Waals surface area contributed by atoms with Crippen molar-refractivity contribution in [1.82, 2.24) is 5.32 Å². The number of nitrogens with one attached hydrogen (secondary N) is 1. The summed E-state index contributed by atoms with van der Waals surface area (Å²) in [5.41, 5.74) is -0.616.